The standard InChI is InChI=1S/C14H22N2O/c1-11-3-4-14(12(2)9-11)16-7-8-17-10-13(16)5-6-15/h3-4,9,13H,5-8,10,15H2,1-2H3. The van der Waals surface area contributed by atoms with Gasteiger partial charge in [0, 0.05) is 12.2 Å². The van der Waals surface area contributed by atoms with E-state index < -0.39 is 0 Å². The number of hydrogen-bond acceptors (Lipinski definition) is 3. The maximum Gasteiger partial charge on any atom is 0.0671 e. The second-order valence-electron chi connectivity index (χ2n) is 4.79. The quantitative estimate of drug-likeness (QED) is 0.867. The highest BCUT2D eigenvalue weighted by Gasteiger charge is 2.23. The van der Waals surface area contributed by atoms with Crippen LogP contribution in [0, 0.1) is 13.8 Å². The fraction of sp³-hybridized carbons (Fsp3) is 0.571. The van der Waals surface area contributed by atoms with Crippen LogP contribution in [0.1, 0.15) is 17.5 Å². The van der Waals surface area contributed by atoms with Crippen LogP contribution in [-0.2, 0) is 4.74 Å². The minimum absolute atomic E-state index is 0.426. The zero-order valence-corrected chi connectivity index (χ0v) is 10.8. The number of ether oxygens (including phenoxy) is 1. The Morgan fingerprint density at radius 1 is 1.41 bits per heavy atom. The summed E-state index contributed by atoms with van der Waals surface area (Å²) in [6.07, 6.45) is 0.993. The van der Waals surface area contributed by atoms with Crippen LogP contribution in [0.25, 0.3) is 0 Å². The Kier molecular flexibility index (Phi) is 4.02. The highest BCUT2D eigenvalue weighted by molar-refractivity contribution is 5.55. The summed E-state index contributed by atoms with van der Waals surface area (Å²) >= 11 is 0. The molecule has 1 aromatic carbocycles. The molecular formula is C14H22N2O. The van der Waals surface area contributed by atoms with Crippen LogP contribution in [0.3, 0.4) is 0 Å². The molecule has 1 heterocycles. The normalized spacial score (nSPS) is 20.6. The molecule has 2 N–H and O–H groups in total. The molecule has 0 radical (unpaired) electrons. The Balaban J connectivity index is 2.23. The van der Waals surface area contributed by atoms with Crippen LogP contribution < -0.4 is 10.6 Å². The molecule has 0 bridgehead atoms. The second-order valence-corrected chi connectivity index (χ2v) is 4.79. The largest absolute Gasteiger partial charge is 0.377 e. The summed E-state index contributed by atoms with van der Waals surface area (Å²) in [7, 11) is 0. The van der Waals surface area contributed by atoms with Gasteiger partial charge in [0.25, 0.3) is 0 Å². The average molecular weight is 234 g/mol. The number of nitrogens with zero attached hydrogens (tertiary/aromatic N) is 1. The minimum atomic E-state index is 0.426. The van der Waals surface area contributed by atoms with E-state index in [4.69, 9.17) is 10.5 Å². The molecule has 0 aliphatic carbocycles. The van der Waals surface area contributed by atoms with Gasteiger partial charge in [0.15, 0.2) is 0 Å². The van der Waals surface area contributed by atoms with Crippen molar-refractivity contribution in [2.45, 2.75) is 26.3 Å². The van der Waals surface area contributed by atoms with Gasteiger partial charge >= 0.3 is 0 Å². The highest BCUT2D eigenvalue weighted by Crippen LogP contribution is 2.25. The van der Waals surface area contributed by atoms with E-state index in [1.807, 2.05) is 0 Å². The molecule has 1 aliphatic heterocycles. The van der Waals surface area contributed by atoms with E-state index in [0.717, 1.165) is 32.7 Å². The summed E-state index contributed by atoms with van der Waals surface area (Å²) in [4.78, 5) is 2.45. The third-order valence-corrected chi connectivity index (χ3v) is 3.39. The van der Waals surface area contributed by atoms with Crippen LogP contribution in [-0.4, -0.2) is 32.3 Å². The Hall–Kier alpha value is -1.06. The molecule has 17 heavy (non-hydrogen) atoms. The van der Waals surface area contributed by atoms with E-state index in [2.05, 4.69) is 36.9 Å². The van der Waals surface area contributed by atoms with E-state index in [0.29, 0.717) is 6.04 Å². The van der Waals surface area contributed by atoms with E-state index >= 15 is 0 Å². The molecule has 1 fully saturated rings. The topological polar surface area (TPSA) is 38.5 Å². The van der Waals surface area contributed by atoms with Gasteiger partial charge in [-0.05, 0) is 38.4 Å². The van der Waals surface area contributed by atoms with Gasteiger partial charge in [-0.2, -0.15) is 0 Å². The minimum Gasteiger partial charge on any atom is -0.377 e. The van der Waals surface area contributed by atoms with Crippen molar-refractivity contribution in [1.29, 1.82) is 0 Å². The SMILES string of the molecule is Cc1ccc(N2CCOCC2CCN)c(C)c1. The number of aryl methyl sites for hydroxylation is 2. The fourth-order valence-electron chi connectivity index (χ4n) is 2.53. The second kappa shape index (κ2) is 5.52. The van der Waals surface area contributed by atoms with Gasteiger partial charge in [-0.1, -0.05) is 17.7 Å². The first kappa shape index (κ1) is 12.4. The first-order valence-corrected chi connectivity index (χ1v) is 6.34. The predicted molar refractivity (Wildman–Crippen MR) is 71.5 cm³/mol. The maximum absolute atomic E-state index is 5.68. The van der Waals surface area contributed by atoms with Crippen molar-refractivity contribution in [2.75, 3.05) is 31.2 Å². The first-order valence-electron chi connectivity index (χ1n) is 6.34. The van der Waals surface area contributed by atoms with E-state index in [9.17, 15) is 0 Å². The number of hydrogen-bond donors (Lipinski definition) is 1. The summed E-state index contributed by atoms with van der Waals surface area (Å²) in [5, 5.41) is 0. The number of anilines is 1. The third-order valence-electron chi connectivity index (χ3n) is 3.39. The third kappa shape index (κ3) is 2.79. The molecule has 94 valence electrons. The van der Waals surface area contributed by atoms with Crippen LogP contribution in [0.5, 0.6) is 0 Å². The summed E-state index contributed by atoms with van der Waals surface area (Å²) in [6, 6.07) is 7.07. The van der Waals surface area contributed by atoms with Gasteiger partial charge in [-0.25, -0.2) is 0 Å². The van der Waals surface area contributed by atoms with Crippen molar-refractivity contribution >= 4 is 5.69 Å². The first-order chi connectivity index (χ1) is 8.22. The van der Waals surface area contributed by atoms with Crippen molar-refractivity contribution in [3.63, 3.8) is 0 Å². The van der Waals surface area contributed by atoms with Gasteiger partial charge < -0.3 is 15.4 Å². The van der Waals surface area contributed by atoms with Gasteiger partial charge in [0.2, 0.25) is 0 Å². The van der Waals surface area contributed by atoms with E-state index in [1.165, 1.54) is 16.8 Å². The lowest BCUT2D eigenvalue weighted by atomic mass is 10.1. The lowest BCUT2D eigenvalue weighted by molar-refractivity contribution is 0.0922. The van der Waals surface area contributed by atoms with Crippen molar-refractivity contribution in [3.05, 3.63) is 29.3 Å². The fourth-order valence-corrected chi connectivity index (χ4v) is 2.53. The van der Waals surface area contributed by atoms with Crippen molar-refractivity contribution in [1.82, 2.24) is 0 Å². The number of rotatable bonds is 3. The molecule has 2 rings (SSSR count). The number of morpholine rings is 1. The molecule has 3 nitrogen and oxygen atoms in total. The summed E-state index contributed by atoms with van der Waals surface area (Å²) < 4.78 is 5.55. The summed E-state index contributed by atoms with van der Waals surface area (Å²) in [5.41, 5.74) is 9.67. The zero-order valence-electron chi connectivity index (χ0n) is 10.8. The molecular weight excluding hydrogens is 212 g/mol. The molecule has 0 aromatic heterocycles. The Bertz CT molecular complexity index is 376. The highest BCUT2D eigenvalue weighted by atomic mass is 16.5. The van der Waals surface area contributed by atoms with Crippen LogP contribution in [0.15, 0.2) is 18.2 Å². The molecule has 1 saturated heterocycles. The van der Waals surface area contributed by atoms with Crippen LogP contribution in [0.4, 0.5) is 5.69 Å². The van der Waals surface area contributed by atoms with E-state index in [1.54, 1.807) is 0 Å². The molecule has 1 atom stereocenters. The number of nitrogens with two attached hydrogens (primary N) is 1. The Morgan fingerprint density at radius 2 is 2.24 bits per heavy atom. The Labute approximate surface area is 104 Å². The number of benzene rings is 1. The molecule has 0 amide bonds. The smallest absolute Gasteiger partial charge is 0.0671 e. The molecule has 0 spiro atoms. The lowest BCUT2D eigenvalue weighted by Crippen LogP contribution is -2.46. The lowest BCUT2D eigenvalue weighted by Gasteiger charge is -2.38. The van der Waals surface area contributed by atoms with Crippen LogP contribution >= 0.6 is 0 Å². The van der Waals surface area contributed by atoms with Crippen molar-refractivity contribution < 1.29 is 4.74 Å². The summed E-state index contributed by atoms with van der Waals surface area (Å²) in [6.45, 7) is 7.60. The van der Waals surface area contributed by atoms with Gasteiger partial charge in [0.05, 0.1) is 19.3 Å². The van der Waals surface area contributed by atoms with E-state index in [-0.39, 0.29) is 0 Å². The van der Waals surface area contributed by atoms with Crippen LogP contribution in [0.2, 0.25) is 0 Å². The molecule has 1 aliphatic rings. The molecule has 3 heteroatoms. The Morgan fingerprint density at radius 3 is 2.94 bits per heavy atom. The predicted octanol–water partition coefficient (Wildman–Crippen LogP) is 1.86. The molecule has 1 aromatic rings. The average Bonchev–Trinajstić information content (AvgIpc) is 2.31. The molecule has 1 unspecified atom stereocenters. The van der Waals surface area contributed by atoms with Crippen molar-refractivity contribution in [2.24, 2.45) is 5.73 Å². The summed E-state index contributed by atoms with van der Waals surface area (Å²) in [5.74, 6) is 0. The zero-order chi connectivity index (χ0) is 12.3. The maximum atomic E-state index is 5.68. The van der Waals surface area contributed by atoms with Gasteiger partial charge in [0.1, 0.15) is 0 Å². The monoisotopic (exact) mass is 234 g/mol. The molecule has 0 saturated carbocycles. The van der Waals surface area contributed by atoms with Crippen molar-refractivity contribution in [3.8, 4) is 0 Å². The van der Waals surface area contributed by atoms with Gasteiger partial charge in [-0.3, -0.25) is 0 Å². The van der Waals surface area contributed by atoms with Gasteiger partial charge in [-0.15, -0.1) is 0 Å².